The molecular formula is C17H14O3. The first-order chi connectivity index (χ1) is 9.81. The molecule has 3 nitrogen and oxygen atoms in total. The van der Waals surface area contributed by atoms with Gasteiger partial charge in [0.15, 0.2) is 6.10 Å². The van der Waals surface area contributed by atoms with Crippen molar-refractivity contribution in [1.82, 2.24) is 0 Å². The Kier molecular flexibility index (Phi) is 3.25. The van der Waals surface area contributed by atoms with Gasteiger partial charge in [-0.15, -0.1) is 0 Å². The summed E-state index contributed by atoms with van der Waals surface area (Å²) in [6.07, 6.45) is 0.429. The topological polar surface area (TPSA) is 35.5 Å². The summed E-state index contributed by atoms with van der Waals surface area (Å²) < 4.78 is 10.4. The van der Waals surface area contributed by atoms with Crippen LogP contribution in [-0.2, 0) is 9.47 Å². The number of hydrogen-bond acceptors (Lipinski definition) is 3. The zero-order valence-corrected chi connectivity index (χ0v) is 10.9. The molecule has 2 aromatic rings. The maximum atomic E-state index is 11.7. The molecule has 100 valence electrons. The van der Waals surface area contributed by atoms with Crippen molar-refractivity contribution in [3.8, 4) is 11.1 Å². The highest BCUT2D eigenvalue weighted by Crippen LogP contribution is 2.45. The Bertz CT molecular complexity index is 615. The SMILES string of the molecule is C=CCOC(=O)OC1c2ccccc2-c2ccccc21. The minimum absolute atomic E-state index is 0.148. The van der Waals surface area contributed by atoms with Crippen LogP contribution in [-0.4, -0.2) is 12.8 Å². The number of hydrogen-bond donors (Lipinski definition) is 0. The molecule has 0 unspecified atom stereocenters. The van der Waals surface area contributed by atoms with Gasteiger partial charge in [-0.1, -0.05) is 61.2 Å². The van der Waals surface area contributed by atoms with Gasteiger partial charge in [-0.2, -0.15) is 0 Å². The lowest BCUT2D eigenvalue weighted by Crippen LogP contribution is -2.12. The van der Waals surface area contributed by atoms with Crippen molar-refractivity contribution < 1.29 is 14.3 Å². The molecule has 2 aromatic carbocycles. The summed E-state index contributed by atoms with van der Waals surface area (Å²) in [5.41, 5.74) is 4.18. The molecule has 0 heterocycles. The van der Waals surface area contributed by atoms with Crippen LogP contribution in [0.4, 0.5) is 4.79 Å². The molecule has 0 aliphatic heterocycles. The van der Waals surface area contributed by atoms with Crippen LogP contribution in [0.5, 0.6) is 0 Å². The average molecular weight is 266 g/mol. The van der Waals surface area contributed by atoms with E-state index in [1.807, 2.05) is 48.5 Å². The summed E-state index contributed by atoms with van der Waals surface area (Å²) in [6.45, 7) is 3.65. The van der Waals surface area contributed by atoms with Gasteiger partial charge >= 0.3 is 6.16 Å². The predicted octanol–water partition coefficient (Wildman–Crippen LogP) is 4.10. The summed E-state index contributed by atoms with van der Waals surface area (Å²) in [5.74, 6) is 0. The number of ether oxygens (including phenoxy) is 2. The monoisotopic (exact) mass is 266 g/mol. The van der Waals surface area contributed by atoms with Crippen molar-refractivity contribution in [2.75, 3.05) is 6.61 Å². The Morgan fingerprint density at radius 1 is 1.05 bits per heavy atom. The fraction of sp³-hybridized carbons (Fsp3) is 0.118. The number of rotatable bonds is 3. The first-order valence-electron chi connectivity index (χ1n) is 6.44. The Hall–Kier alpha value is -2.55. The molecule has 0 bridgehead atoms. The van der Waals surface area contributed by atoms with Crippen molar-refractivity contribution in [2.24, 2.45) is 0 Å². The molecule has 0 spiro atoms. The highest BCUT2D eigenvalue weighted by Gasteiger charge is 2.31. The number of benzene rings is 2. The average Bonchev–Trinajstić information content (AvgIpc) is 2.80. The van der Waals surface area contributed by atoms with Gasteiger partial charge in [-0.05, 0) is 11.1 Å². The Morgan fingerprint density at radius 2 is 1.60 bits per heavy atom. The summed E-state index contributed by atoms with van der Waals surface area (Å²) in [5, 5.41) is 0. The normalized spacial score (nSPS) is 12.4. The van der Waals surface area contributed by atoms with Crippen molar-refractivity contribution >= 4 is 6.16 Å². The second-order valence-electron chi connectivity index (χ2n) is 4.52. The zero-order valence-electron chi connectivity index (χ0n) is 10.9. The van der Waals surface area contributed by atoms with Crippen molar-refractivity contribution in [1.29, 1.82) is 0 Å². The minimum Gasteiger partial charge on any atom is -0.430 e. The second kappa shape index (κ2) is 5.21. The van der Waals surface area contributed by atoms with Crippen molar-refractivity contribution in [2.45, 2.75) is 6.10 Å². The lowest BCUT2D eigenvalue weighted by molar-refractivity contribution is 0.0428. The van der Waals surface area contributed by atoms with E-state index in [4.69, 9.17) is 9.47 Å². The maximum Gasteiger partial charge on any atom is 0.509 e. The first-order valence-corrected chi connectivity index (χ1v) is 6.44. The first kappa shape index (κ1) is 12.5. The predicted molar refractivity (Wildman–Crippen MR) is 76.4 cm³/mol. The van der Waals surface area contributed by atoms with Crippen LogP contribution in [0.15, 0.2) is 61.2 Å². The highest BCUT2D eigenvalue weighted by atomic mass is 16.7. The van der Waals surface area contributed by atoms with Gasteiger partial charge in [-0.3, -0.25) is 0 Å². The fourth-order valence-electron chi connectivity index (χ4n) is 2.49. The smallest absolute Gasteiger partial charge is 0.430 e. The fourth-order valence-corrected chi connectivity index (χ4v) is 2.49. The van der Waals surface area contributed by atoms with Crippen LogP contribution in [0.3, 0.4) is 0 Å². The summed E-state index contributed by atoms with van der Waals surface area (Å²) in [6, 6.07) is 15.9. The van der Waals surface area contributed by atoms with E-state index >= 15 is 0 Å². The van der Waals surface area contributed by atoms with Crippen LogP contribution in [0.25, 0.3) is 11.1 Å². The molecule has 1 aliphatic rings. The summed E-state index contributed by atoms with van der Waals surface area (Å²) >= 11 is 0. The van der Waals surface area contributed by atoms with E-state index in [-0.39, 0.29) is 6.61 Å². The lowest BCUT2D eigenvalue weighted by atomic mass is 10.1. The van der Waals surface area contributed by atoms with Crippen LogP contribution in [0.2, 0.25) is 0 Å². The van der Waals surface area contributed by atoms with Gasteiger partial charge < -0.3 is 9.47 Å². The molecule has 20 heavy (non-hydrogen) atoms. The molecule has 3 rings (SSSR count). The Morgan fingerprint density at radius 3 is 2.15 bits per heavy atom. The van der Waals surface area contributed by atoms with Crippen molar-refractivity contribution in [3.63, 3.8) is 0 Å². The van der Waals surface area contributed by atoms with E-state index in [0.29, 0.717) is 0 Å². The lowest BCUT2D eigenvalue weighted by Gasteiger charge is -2.14. The minimum atomic E-state index is -0.679. The summed E-state index contributed by atoms with van der Waals surface area (Å²) in [4.78, 5) is 11.7. The third-order valence-electron chi connectivity index (χ3n) is 3.31. The van der Waals surface area contributed by atoms with E-state index in [0.717, 1.165) is 22.3 Å². The van der Waals surface area contributed by atoms with Gasteiger partial charge in [0.25, 0.3) is 0 Å². The molecule has 0 atom stereocenters. The standard InChI is InChI=1S/C17H14O3/c1-2-11-19-17(18)20-16-14-9-5-3-7-12(14)13-8-4-6-10-15(13)16/h2-10,16H,1,11H2. The molecule has 1 aliphatic carbocycles. The van der Waals surface area contributed by atoms with E-state index in [1.54, 1.807) is 0 Å². The molecule has 0 amide bonds. The number of carbonyl (C=O) groups is 1. The number of fused-ring (bicyclic) bond motifs is 3. The molecular weight excluding hydrogens is 252 g/mol. The third-order valence-corrected chi connectivity index (χ3v) is 3.31. The molecule has 0 saturated carbocycles. The van der Waals surface area contributed by atoms with Crippen LogP contribution < -0.4 is 0 Å². The molecule has 0 aromatic heterocycles. The maximum absolute atomic E-state index is 11.7. The highest BCUT2D eigenvalue weighted by molar-refractivity contribution is 5.79. The van der Waals surface area contributed by atoms with Gasteiger partial charge in [-0.25, -0.2) is 4.79 Å². The summed E-state index contributed by atoms with van der Waals surface area (Å²) in [7, 11) is 0. The van der Waals surface area contributed by atoms with E-state index in [1.165, 1.54) is 6.08 Å². The molecule has 0 fully saturated rings. The van der Waals surface area contributed by atoms with Crippen LogP contribution in [0.1, 0.15) is 17.2 Å². The third kappa shape index (κ3) is 2.07. The largest absolute Gasteiger partial charge is 0.509 e. The molecule has 0 saturated heterocycles. The van der Waals surface area contributed by atoms with Gasteiger partial charge in [0.05, 0.1) is 0 Å². The molecule has 0 radical (unpaired) electrons. The molecule has 0 N–H and O–H groups in total. The van der Waals surface area contributed by atoms with Gasteiger partial charge in [0, 0.05) is 11.1 Å². The zero-order chi connectivity index (χ0) is 13.9. The van der Waals surface area contributed by atoms with Gasteiger partial charge in [0.2, 0.25) is 0 Å². The Balaban J connectivity index is 1.95. The van der Waals surface area contributed by atoms with E-state index < -0.39 is 12.3 Å². The second-order valence-corrected chi connectivity index (χ2v) is 4.52. The quantitative estimate of drug-likeness (QED) is 0.620. The van der Waals surface area contributed by atoms with E-state index in [2.05, 4.69) is 6.58 Å². The van der Waals surface area contributed by atoms with Crippen LogP contribution in [0, 0.1) is 0 Å². The number of carbonyl (C=O) groups excluding carboxylic acids is 1. The van der Waals surface area contributed by atoms with E-state index in [9.17, 15) is 4.79 Å². The Labute approximate surface area is 117 Å². The van der Waals surface area contributed by atoms with Crippen LogP contribution >= 0.6 is 0 Å². The molecule has 3 heteroatoms. The van der Waals surface area contributed by atoms with Gasteiger partial charge in [0.1, 0.15) is 6.61 Å². The van der Waals surface area contributed by atoms with Crippen molar-refractivity contribution in [3.05, 3.63) is 72.3 Å².